The predicted octanol–water partition coefficient (Wildman–Crippen LogP) is 2.23. The molecular weight excluding hydrogens is 200 g/mol. The molecule has 1 aliphatic carbocycles. The van der Waals surface area contributed by atoms with E-state index in [1.165, 1.54) is 11.1 Å². The van der Waals surface area contributed by atoms with Crippen LogP contribution in [0.5, 0.6) is 0 Å². The molecule has 2 aromatic rings. The van der Waals surface area contributed by atoms with E-state index in [4.69, 9.17) is 0 Å². The molecule has 82 valence electrons. The van der Waals surface area contributed by atoms with Gasteiger partial charge in [-0.1, -0.05) is 42.5 Å². The van der Waals surface area contributed by atoms with Gasteiger partial charge in [-0.25, -0.2) is 0 Å². The van der Waals surface area contributed by atoms with Crippen LogP contribution in [0.15, 0.2) is 42.5 Å². The van der Waals surface area contributed by atoms with Crippen molar-refractivity contribution in [2.45, 2.75) is 13.0 Å². The van der Waals surface area contributed by atoms with Crippen molar-refractivity contribution in [3.63, 3.8) is 0 Å². The first-order valence-corrected chi connectivity index (χ1v) is 5.16. The fourth-order valence-electron chi connectivity index (χ4n) is 2.41. The van der Waals surface area contributed by atoms with Gasteiger partial charge in [0.15, 0.2) is 0 Å². The Labute approximate surface area is 94.5 Å². The van der Waals surface area contributed by atoms with Crippen LogP contribution in [0.3, 0.4) is 0 Å². The lowest BCUT2D eigenvalue weighted by Gasteiger charge is -2.07. The van der Waals surface area contributed by atoms with E-state index < -0.39 is 6.10 Å². The molecular formula is C14H14O2. The fourth-order valence-corrected chi connectivity index (χ4v) is 2.41. The summed E-state index contributed by atoms with van der Waals surface area (Å²) in [7, 11) is 0. The standard InChI is InChI=1S/C14H12O.H2O/c1-9-5-4-8-11-10-6-2-3-7-12(10)14(15)13(9)11;/h2-8,14-15H,1H3;1H2. The summed E-state index contributed by atoms with van der Waals surface area (Å²) in [6.45, 7) is 2.05. The van der Waals surface area contributed by atoms with E-state index in [-0.39, 0.29) is 5.48 Å². The van der Waals surface area contributed by atoms with E-state index in [1.54, 1.807) is 0 Å². The Hall–Kier alpha value is -1.64. The van der Waals surface area contributed by atoms with Crippen LogP contribution in [0.4, 0.5) is 0 Å². The van der Waals surface area contributed by atoms with Crippen LogP contribution in [0.25, 0.3) is 11.1 Å². The molecule has 0 fully saturated rings. The molecule has 16 heavy (non-hydrogen) atoms. The van der Waals surface area contributed by atoms with Crippen molar-refractivity contribution < 1.29 is 10.6 Å². The summed E-state index contributed by atoms with van der Waals surface area (Å²) in [6, 6.07) is 14.2. The monoisotopic (exact) mass is 214 g/mol. The van der Waals surface area contributed by atoms with Crippen LogP contribution < -0.4 is 0 Å². The third-order valence-corrected chi connectivity index (χ3v) is 3.14. The molecule has 2 aromatic carbocycles. The van der Waals surface area contributed by atoms with E-state index in [9.17, 15) is 5.11 Å². The molecule has 1 aliphatic rings. The van der Waals surface area contributed by atoms with Gasteiger partial charge in [-0.3, -0.25) is 0 Å². The molecule has 0 saturated carbocycles. The van der Waals surface area contributed by atoms with E-state index in [1.807, 2.05) is 37.3 Å². The van der Waals surface area contributed by atoms with Crippen LogP contribution in [-0.2, 0) is 0 Å². The molecule has 0 amide bonds. The van der Waals surface area contributed by atoms with E-state index in [0.29, 0.717) is 0 Å². The molecule has 0 radical (unpaired) electrons. The van der Waals surface area contributed by atoms with Crippen molar-refractivity contribution in [3.05, 3.63) is 59.2 Å². The minimum Gasteiger partial charge on any atom is -0.412 e. The van der Waals surface area contributed by atoms with Gasteiger partial charge in [0, 0.05) is 0 Å². The maximum Gasteiger partial charge on any atom is 0.106 e. The van der Waals surface area contributed by atoms with E-state index >= 15 is 0 Å². The summed E-state index contributed by atoms with van der Waals surface area (Å²) < 4.78 is 0. The Balaban J connectivity index is 0.000000963. The van der Waals surface area contributed by atoms with Crippen LogP contribution in [-0.4, -0.2) is 10.6 Å². The number of aliphatic hydroxyl groups is 1. The summed E-state index contributed by atoms with van der Waals surface area (Å²) in [5.41, 5.74) is 5.61. The molecule has 0 saturated heterocycles. The fraction of sp³-hybridized carbons (Fsp3) is 0.143. The number of hydrogen-bond donors (Lipinski definition) is 1. The third kappa shape index (κ3) is 1.28. The van der Waals surface area contributed by atoms with E-state index in [2.05, 4.69) is 12.1 Å². The Bertz CT molecular complexity index is 532. The number of aryl methyl sites for hydroxylation is 1. The van der Waals surface area contributed by atoms with Crippen molar-refractivity contribution in [1.29, 1.82) is 0 Å². The first-order valence-electron chi connectivity index (χ1n) is 5.16. The predicted molar refractivity (Wildman–Crippen MR) is 64.3 cm³/mol. The number of fused-ring (bicyclic) bond motifs is 3. The molecule has 0 spiro atoms. The lowest BCUT2D eigenvalue weighted by Crippen LogP contribution is -1.95. The molecule has 1 unspecified atom stereocenters. The van der Waals surface area contributed by atoms with Crippen molar-refractivity contribution in [2.24, 2.45) is 0 Å². The highest BCUT2D eigenvalue weighted by Crippen LogP contribution is 2.44. The zero-order valence-electron chi connectivity index (χ0n) is 9.07. The Kier molecular flexibility index (Phi) is 2.54. The second kappa shape index (κ2) is 3.74. The van der Waals surface area contributed by atoms with Gasteiger partial charge in [0.1, 0.15) is 6.10 Å². The summed E-state index contributed by atoms with van der Waals surface area (Å²) in [5.74, 6) is 0. The van der Waals surface area contributed by atoms with E-state index in [0.717, 1.165) is 16.7 Å². The summed E-state index contributed by atoms with van der Waals surface area (Å²) in [4.78, 5) is 0. The number of aliphatic hydroxyl groups excluding tert-OH is 1. The summed E-state index contributed by atoms with van der Waals surface area (Å²) in [6.07, 6.45) is -0.447. The first kappa shape index (κ1) is 10.9. The molecule has 0 heterocycles. The third-order valence-electron chi connectivity index (χ3n) is 3.14. The van der Waals surface area contributed by atoms with Gasteiger partial charge >= 0.3 is 0 Å². The molecule has 0 bridgehead atoms. The highest BCUT2D eigenvalue weighted by molar-refractivity contribution is 5.79. The van der Waals surface area contributed by atoms with Crippen molar-refractivity contribution >= 4 is 0 Å². The first-order chi connectivity index (χ1) is 7.29. The Morgan fingerprint density at radius 3 is 2.44 bits per heavy atom. The number of rotatable bonds is 0. The number of benzene rings is 2. The Morgan fingerprint density at radius 2 is 1.62 bits per heavy atom. The molecule has 2 nitrogen and oxygen atoms in total. The maximum absolute atomic E-state index is 10.2. The van der Waals surface area contributed by atoms with Gasteiger partial charge in [-0.2, -0.15) is 0 Å². The maximum atomic E-state index is 10.2. The minimum atomic E-state index is -0.447. The topological polar surface area (TPSA) is 51.7 Å². The molecule has 1 atom stereocenters. The van der Waals surface area contributed by atoms with Crippen molar-refractivity contribution in [3.8, 4) is 11.1 Å². The van der Waals surface area contributed by atoms with Gasteiger partial charge in [0.25, 0.3) is 0 Å². The smallest absolute Gasteiger partial charge is 0.106 e. The average molecular weight is 214 g/mol. The normalized spacial score (nSPS) is 16.2. The molecule has 0 aromatic heterocycles. The SMILES string of the molecule is Cc1cccc2c1C(O)c1ccccc1-2.O. The second-order valence-electron chi connectivity index (χ2n) is 4.03. The van der Waals surface area contributed by atoms with Crippen LogP contribution in [0.2, 0.25) is 0 Å². The zero-order chi connectivity index (χ0) is 10.4. The van der Waals surface area contributed by atoms with Crippen molar-refractivity contribution in [1.82, 2.24) is 0 Å². The van der Waals surface area contributed by atoms with Crippen LogP contribution in [0.1, 0.15) is 22.8 Å². The second-order valence-corrected chi connectivity index (χ2v) is 4.03. The molecule has 3 rings (SSSR count). The molecule has 3 N–H and O–H groups in total. The average Bonchev–Trinajstić information content (AvgIpc) is 2.55. The highest BCUT2D eigenvalue weighted by Gasteiger charge is 2.27. The summed E-state index contributed by atoms with van der Waals surface area (Å²) in [5, 5.41) is 10.2. The van der Waals surface area contributed by atoms with Crippen LogP contribution >= 0.6 is 0 Å². The van der Waals surface area contributed by atoms with Gasteiger partial charge in [0.2, 0.25) is 0 Å². The van der Waals surface area contributed by atoms with Gasteiger partial charge < -0.3 is 10.6 Å². The van der Waals surface area contributed by atoms with Crippen LogP contribution in [0, 0.1) is 6.92 Å². The van der Waals surface area contributed by atoms with Gasteiger partial charge in [0.05, 0.1) is 0 Å². The molecule has 0 aliphatic heterocycles. The van der Waals surface area contributed by atoms with Crippen molar-refractivity contribution in [2.75, 3.05) is 0 Å². The molecule has 2 heteroatoms. The minimum absolute atomic E-state index is 0. The number of hydrogen-bond acceptors (Lipinski definition) is 1. The Morgan fingerprint density at radius 1 is 0.938 bits per heavy atom. The largest absolute Gasteiger partial charge is 0.412 e. The van der Waals surface area contributed by atoms with Gasteiger partial charge in [-0.05, 0) is 34.7 Å². The van der Waals surface area contributed by atoms with Gasteiger partial charge in [-0.15, -0.1) is 0 Å². The zero-order valence-corrected chi connectivity index (χ0v) is 9.07. The lowest BCUT2D eigenvalue weighted by atomic mass is 10.0. The highest BCUT2D eigenvalue weighted by atomic mass is 16.3. The quantitative estimate of drug-likeness (QED) is 0.718. The lowest BCUT2D eigenvalue weighted by molar-refractivity contribution is 0.224. The summed E-state index contributed by atoms with van der Waals surface area (Å²) >= 11 is 0.